The van der Waals surface area contributed by atoms with Gasteiger partial charge in [-0.3, -0.25) is 10.1 Å². The van der Waals surface area contributed by atoms with Crippen LogP contribution >= 0.6 is 0 Å². The number of fused-ring (bicyclic) bond motifs is 1. The third-order valence-electron chi connectivity index (χ3n) is 2.34. The van der Waals surface area contributed by atoms with Gasteiger partial charge in [0.2, 0.25) is 0 Å². The van der Waals surface area contributed by atoms with Crippen molar-refractivity contribution in [2.24, 2.45) is 0 Å². The normalized spacial score (nSPS) is 20.2. The minimum atomic E-state index is -0.222. The average Bonchev–Trinajstić information content (AvgIpc) is 2.64. The fourth-order valence-electron chi connectivity index (χ4n) is 1.62. The quantitative estimate of drug-likeness (QED) is 0.711. The van der Waals surface area contributed by atoms with E-state index in [2.05, 4.69) is 5.32 Å². The van der Waals surface area contributed by atoms with Crippen molar-refractivity contribution in [3.8, 4) is 0 Å². The summed E-state index contributed by atoms with van der Waals surface area (Å²) < 4.78 is 10.2. The number of carbonyl (C=O) groups is 1. The van der Waals surface area contributed by atoms with Crippen molar-refractivity contribution in [2.45, 2.75) is 25.9 Å². The number of rotatable bonds is 2. The fourth-order valence-corrected chi connectivity index (χ4v) is 1.62. The monoisotopic (exact) mass is 195 g/mol. The molecular formula is C10H13NO3. The number of furan rings is 1. The first kappa shape index (κ1) is 9.27. The molecule has 2 rings (SSSR count). The van der Waals surface area contributed by atoms with Crippen LogP contribution in [0.3, 0.4) is 0 Å². The predicted molar refractivity (Wildman–Crippen MR) is 49.7 cm³/mol. The summed E-state index contributed by atoms with van der Waals surface area (Å²) in [6.45, 7) is 2.84. The topological polar surface area (TPSA) is 51.5 Å². The summed E-state index contributed by atoms with van der Waals surface area (Å²) in [6, 6.07) is 1.68. The fraction of sp³-hybridized carbons (Fsp3) is 0.500. The highest BCUT2D eigenvalue weighted by molar-refractivity contribution is 5.76. The Morgan fingerprint density at radius 3 is 3.43 bits per heavy atom. The smallest absolute Gasteiger partial charge is 0.323 e. The van der Waals surface area contributed by atoms with E-state index < -0.39 is 0 Å². The molecule has 4 nitrogen and oxygen atoms in total. The molecule has 4 heteroatoms. The zero-order valence-electron chi connectivity index (χ0n) is 8.08. The van der Waals surface area contributed by atoms with Gasteiger partial charge in [0.25, 0.3) is 0 Å². The van der Waals surface area contributed by atoms with E-state index in [1.807, 2.05) is 13.0 Å². The molecule has 1 aliphatic heterocycles. The molecule has 0 spiro atoms. The van der Waals surface area contributed by atoms with Gasteiger partial charge < -0.3 is 9.15 Å². The van der Waals surface area contributed by atoms with Crippen LogP contribution in [0.2, 0.25) is 0 Å². The molecule has 2 heterocycles. The standard InChI is InChI=1S/C10H13NO3/c1-2-13-10(12)8-5-7-3-4-14-9(7)6-11-8/h3-4,8,11H,2,5-6H2,1H3. The first-order chi connectivity index (χ1) is 6.81. The minimum Gasteiger partial charge on any atom is -0.468 e. The van der Waals surface area contributed by atoms with Crippen LogP contribution in [0.15, 0.2) is 16.7 Å². The van der Waals surface area contributed by atoms with E-state index in [-0.39, 0.29) is 12.0 Å². The SMILES string of the molecule is CCOC(=O)C1Cc2ccoc2CN1. The highest BCUT2D eigenvalue weighted by Gasteiger charge is 2.26. The number of nitrogens with one attached hydrogen (secondary N) is 1. The number of hydrogen-bond donors (Lipinski definition) is 1. The van der Waals surface area contributed by atoms with E-state index in [1.165, 1.54) is 0 Å². The summed E-state index contributed by atoms with van der Waals surface area (Å²) in [5, 5.41) is 3.08. The van der Waals surface area contributed by atoms with Crippen molar-refractivity contribution in [1.29, 1.82) is 0 Å². The zero-order chi connectivity index (χ0) is 9.97. The molecule has 1 aliphatic rings. The van der Waals surface area contributed by atoms with Crippen LogP contribution in [0.25, 0.3) is 0 Å². The summed E-state index contributed by atoms with van der Waals surface area (Å²) >= 11 is 0. The lowest BCUT2D eigenvalue weighted by atomic mass is 10.0. The molecule has 1 N–H and O–H groups in total. The van der Waals surface area contributed by atoms with Crippen molar-refractivity contribution in [2.75, 3.05) is 6.61 Å². The third-order valence-corrected chi connectivity index (χ3v) is 2.34. The van der Waals surface area contributed by atoms with Crippen LogP contribution in [-0.4, -0.2) is 18.6 Å². The molecule has 76 valence electrons. The molecule has 1 aromatic heterocycles. The van der Waals surface area contributed by atoms with E-state index in [9.17, 15) is 4.79 Å². The molecule has 0 aromatic carbocycles. The molecule has 14 heavy (non-hydrogen) atoms. The van der Waals surface area contributed by atoms with Gasteiger partial charge in [0, 0.05) is 6.42 Å². The Bertz CT molecular complexity index is 332. The number of carbonyl (C=O) groups excluding carboxylic acids is 1. The maximum absolute atomic E-state index is 11.4. The lowest BCUT2D eigenvalue weighted by molar-refractivity contribution is -0.145. The predicted octanol–water partition coefficient (Wildman–Crippen LogP) is 0.857. The Morgan fingerprint density at radius 1 is 1.79 bits per heavy atom. The molecule has 1 atom stereocenters. The van der Waals surface area contributed by atoms with Gasteiger partial charge in [0.1, 0.15) is 11.8 Å². The highest BCUT2D eigenvalue weighted by Crippen LogP contribution is 2.17. The second-order valence-electron chi connectivity index (χ2n) is 3.26. The molecule has 0 fully saturated rings. The largest absolute Gasteiger partial charge is 0.468 e. The second-order valence-corrected chi connectivity index (χ2v) is 3.26. The van der Waals surface area contributed by atoms with Crippen LogP contribution in [0, 0.1) is 0 Å². The molecule has 0 saturated carbocycles. The lowest BCUT2D eigenvalue weighted by Gasteiger charge is -2.20. The van der Waals surface area contributed by atoms with Crippen molar-refractivity contribution < 1.29 is 13.9 Å². The van der Waals surface area contributed by atoms with E-state index >= 15 is 0 Å². The Hall–Kier alpha value is -1.29. The summed E-state index contributed by atoms with van der Waals surface area (Å²) in [5.74, 6) is 0.741. The number of hydrogen-bond acceptors (Lipinski definition) is 4. The molecule has 1 aromatic rings. The van der Waals surface area contributed by atoms with Crippen molar-refractivity contribution in [3.63, 3.8) is 0 Å². The number of ether oxygens (including phenoxy) is 1. The van der Waals surface area contributed by atoms with Crippen LogP contribution in [0.4, 0.5) is 0 Å². The second kappa shape index (κ2) is 3.84. The minimum absolute atomic E-state index is 0.181. The maximum Gasteiger partial charge on any atom is 0.323 e. The van der Waals surface area contributed by atoms with E-state index in [1.54, 1.807) is 6.26 Å². The molecule has 0 saturated heterocycles. The average molecular weight is 195 g/mol. The number of esters is 1. The van der Waals surface area contributed by atoms with Crippen molar-refractivity contribution >= 4 is 5.97 Å². The Balaban J connectivity index is 2.04. The van der Waals surface area contributed by atoms with Crippen LogP contribution in [0.1, 0.15) is 18.2 Å². The van der Waals surface area contributed by atoms with Gasteiger partial charge in [-0.15, -0.1) is 0 Å². The Morgan fingerprint density at radius 2 is 2.64 bits per heavy atom. The summed E-state index contributed by atoms with van der Waals surface area (Å²) in [6.07, 6.45) is 2.31. The van der Waals surface area contributed by atoms with Gasteiger partial charge in [0.05, 0.1) is 19.4 Å². The first-order valence-electron chi connectivity index (χ1n) is 4.76. The van der Waals surface area contributed by atoms with Gasteiger partial charge in [-0.25, -0.2) is 0 Å². The first-order valence-corrected chi connectivity index (χ1v) is 4.76. The van der Waals surface area contributed by atoms with Gasteiger partial charge in [-0.05, 0) is 18.6 Å². The van der Waals surface area contributed by atoms with E-state index in [0.29, 0.717) is 19.6 Å². The molecule has 0 aliphatic carbocycles. The Kier molecular flexibility index (Phi) is 2.54. The van der Waals surface area contributed by atoms with Gasteiger partial charge >= 0.3 is 5.97 Å². The van der Waals surface area contributed by atoms with Crippen LogP contribution in [-0.2, 0) is 22.5 Å². The summed E-state index contributed by atoms with van der Waals surface area (Å²) in [7, 11) is 0. The third kappa shape index (κ3) is 1.65. The molecule has 0 amide bonds. The lowest BCUT2D eigenvalue weighted by Crippen LogP contribution is -2.42. The zero-order valence-corrected chi connectivity index (χ0v) is 8.08. The van der Waals surface area contributed by atoms with Gasteiger partial charge in [-0.2, -0.15) is 0 Å². The molecule has 0 bridgehead atoms. The summed E-state index contributed by atoms with van der Waals surface area (Å²) in [4.78, 5) is 11.4. The van der Waals surface area contributed by atoms with E-state index in [4.69, 9.17) is 9.15 Å². The van der Waals surface area contributed by atoms with Gasteiger partial charge in [0.15, 0.2) is 0 Å². The van der Waals surface area contributed by atoms with Crippen LogP contribution in [0.5, 0.6) is 0 Å². The van der Waals surface area contributed by atoms with Crippen molar-refractivity contribution in [1.82, 2.24) is 5.32 Å². The van der Waals surface area contributed by atoms with E-state index in [0.717, 1.165) is 11.3 Å². The summed E-state index contributed by atoms with van der Waals surface area (Å²) in [5.41, 5.74) is 1.10. The highest BCUT2D eigenvalue weighted by atomic mass is 16.5. The molecule has 1 unspecified atom stereocenters. The van der Waals surface area contributed by atoms with Crippen molar-refractivity contribution in [3.05, 3.63) is 23.7 Å². The molecular weight excluding hydrogens is 182 g/mol. The Labute approximate surface area is 82.2 Å². The maximum atomic E-state index is 11.4. The van der Waals surface area contributed by atoms with Gasteiger partial charge in [-0.1, -0.05) is 0 Å². The van der Waals surface area contributed by atoms with Crippen LogP contribution < -0.4 is 5.32 Å². The molecule has 0 radical (unpaired) electrons.